The number of nitrogen functional groups attached to an aromatic ring is 1. The Morgan fingerprint density at radius 2 is 1.86 bits per heavy atom. The summed E-state index contributed by atoms with van der Waals surface area (Å²) in [5.74, 6) is 0.0456. The van der Waals surface area contributed by atoms with Crippen LogP contribution in [-0.4, -0.2) is 44.1 Å². The van der Waals surface area contributed by atoms with Crippen LogP contribution in [-0.2, 0) is 10.0 Å². The summed E-state index contributed by atoms with van der Waals surface area (Å²) in [5, 5.41) is 0. The molecule has 1 amide bonds. The number of carbonyl (C=O) groups excluding carboxylic acids is 1. The molecule has 1 aliphatic rings. The van der Waals surface area contributed by atoms with Crippen molar-refractivity contribution in [2.75, 3.05) is 24.6 Å². The van der Waals surface area contributed by atoms with Gasteiger partial charge in [-0.3, -0.25) is 4.79 Å². The lowest BCUT2D eigenvalue weighted by Gasteiger charge is -2.32. The zero-order valence-electron chi connectivity index (χ0n) is 12.1. The molecule has 1 aromatic carbocycles. The van der Waals surface area contributed by atoms with E-state index in [1.165, 1.54) is 0 Å². The molecule has 7 heteroatoms. The Bertz CT molecular complexity index is 590. The molecule has 0 saturated carbocycles. The number of amides is 1. The van der Waals surface area contributed by atoms with Crippen LogP contribution in [0.4, 0.5) is 5.69 Å². The van der Waals surface area contributed by atoms with Crippen molar-refractivity contribution >= 4 is 21.6 Å². The van der Waals surface area contributed by atoms with E-state index in [9.17, 15) is 13.2 Å². The SMILES string of the molecule is CCS(=O)(=O)NC1CCN(C(=O)c2ccc(N)cc2)CC1. The van der Waals surface area contributed by atoms with Gasteiger partial charge in [-0.1, -0.05) is 0 Å². The van der Waals surface area contributed by atoms with Gasteiger partial charge in [0.05, 0.1) is 5.75 Å². The Labute approximate surface area is 125 Å². The Morgan fingerprint density at radius 1 is 1.29 bits per heavy atom. The van der Waals surface area contributed by atoms with E-state index in [0.29, 0.717) is 37.2 Å². The summed E-state index contributed by atoms with van der Waals surface area (Å²) in [6.45, 7) is 2.72. The standard InChI is InChI=1S/C14H21N3O3S/c1-2-21(19,20)16-13-7-9-17(10-8-13)14(18)11-3-5-12(15)6-4-11/h3-6,13,16H,2,7-10,15H2,1H3. The average Bonchev–Trinajstić information content (AvgIpc) is 2.48. The third-order valence-corrected chi connectivity index (χ3v) is 5.12. The number of rotatable bonds is 4. The molecule has 1 aliphatic heterocycles. The molecule has 21 heavy (non-hydrogen) atoms. The van der Waals surface area contributed by atoms with Gasteiger partial charge in [0.15, 0.2) is 0 Å². The smallest absolute Gasteiger partial charge is 0.253 e. The van der Waals surface area contributed by atoms with Gasteiger partial charge in [-0.2, -0.15) is 0 Å². The maximum absolute atomic E-state index is 12.3. The van der Waals surface area contributed by atoms with Gasteiger partial charge in [0.2, 0.25) is 10.0 Å². The molecule has 116 valence electrons. The van der Waals surface area contributed by atoms with E-state index in [0.717, 1.165) is 0 Å². The molecule has 1 saturated heterocycles. The molecule has 0 bridgehead atoms. The Balaban J connectivity index is 1.92. The van der Waals surface area contributed by atoms with E-state index in [1.54, 1.807) is 36.1 Å². The summed E-state index contributed by atoms with van der Waals surface area (Å²) in [7, 11) is -3.18. The number of nitrogens with two attached hydrogens (primary N) is 1. The second-order valence-electron chi connectivity index (χ2n) is 5.21. The molecule has 1 heterocycles. The zero-order chi connectivity index (χ0) is 15.5. The van der Waals surface area contributed by atoms with Gasteiger partial charge in [-0.15, -0.1) is 0 Å². The number of hydrogen-bond acceptors (Lipinski definition) is 4. The van der Waals surface area contributed by atoms with Crippen LogP contribution in [0.15, 0.2) is 24.3 Å². The lowest BCUT2D eigenvalue weighted by atomic mass is 10.0. The third kappa shape index (κ3) is 4.18. The first-order chi connectivity index (χ1) is 9.91. The number of carbonyl (C=O) groups is 1. The largest absolute Gasteiger partial charge is 0.399 e. The van der Waals surface area contributed by atoms with E-state index in [1.807, 2.05) is 0 Å². The topological polar surface area (TPSA) is 92.5 Å². The summed E-state index contributed by atoms with van der Waals surface area (Å²) < 4.78 is 25.7. The minimum atomic E-state index is -3.18. The van der Waals surface area contributed by atoms with Crippen LogP contribution >= 0.6 is 0 Å². The highest BCUT2D eigenvalue weighted by Gasteiger charge is 2.25. The van der Waals surface area contributed by atoms with Gasteiger partial charge in [-0.05, 0) is 44.0 Å². The van der Waals surface area contributed by atoms with E-state index in [4.69, 9.17) is 5.73 Å². The summed E-state index contributed by atoms with van der Waals surface area (Å²) in [4.78, 5) is 14.1. The van der Waals surface area contributed by atoms with Crippen molar-refractivity contribution in [3.05, 3.63) is 29.8 Å². The van der Waals surface area contributed by atoms with E-state index in [2.05, 4.69) is 4.72 Å². The number of sulfonamides is 1. The molecular formula is C14H21N3O3S. The van der Waals surface area contributed by atoms with Crippen molar-refractivity contribution in [2.45, 2.75) is 25.8 Å². The number of piperidine rings is 1. The number of likely N-dealkylation sites (tertiary alicyclic amines) is 1. The lowest BCUT2D eigenvalue weighted by Crippen LogP contribution is -2.46. The van der Waals surface area contributed by atoms with Crippen LogP contribution in [0.5, 0.6) is 0 Å². The highest BCUT2D eigenvalue weighted by atomic mass is 32.2. The fourth-order valence-electron chi connectivity index (χ4n) is 2.35. The fraction of sp³-hybridized carbons (Fsp3) is 0.500. The molecular weight excluding hydrogens is 290 g/mol. The van der Waals surface area contributed by atoms with Gasteiger partial charge in [0.1, 0.15) is 0 Å². The normalized spacial score (nSPS) is 16.9. The molecule has 0 spiro atoms. The summed E-state index contributed by atoms with van der Waals surface area (Å²) >= 11 is 0. The Kier molecular flexibility index (Phi) is 4.84. The number of nitrogens with zero attached hydrogens (tertiary/aromatic N) is 1. The van der Waals surface area contributed by atoms with Crippen LogP contribution in [0.3, 0.4) is 0 Å². The lowest BCUT2D eigenvalue weighted by molar-refractivity contribution is 0.0711. The van der Waals surface area contributed by atoms with Crippen LogP contribution in [0.1, 0.15) is 30.1 Å². The Morgan fingerprint density at radius 3 is 2.38 bits per heavy atom. The second kappa shape index (κ2) is 6.44. The molecule has 2 rings (SSSR count). The van der Waals surface area contributed by atoms with Gasteiger partial charge in [-0.25, -0.2) is 13.1 Å². The summed E-state index contributed by atoms with van der Waals surface area (Å²) in [5.41, 5.74) is 6.84. The zero-order valence-corrected chi connectivity index (χ0v) is 12.9. The third-order valence-electron chi connectivity index (χ3n) is 3.67. The molecule has 1 fully saturated rings. The molecule has 0 unspecified atom stereocenters. The average molecular weight is 311 g/mol. The van der Waals surface area contributed by atoms with Crippen molar-refractivity contribution in [3.8, 4) is 0 Å². The first-order valence-electron chi connectivity index (χ1n) is 7.06. The summed E-state index contributed by atoms with van der Waals surface area (Å²) in [6.07, 6.45) is 1.28. The molecule has 6 nitrogen and oxygen atoms in total. The number of hydrogen-bond donors (Lipinski definition) is 2. The van der Waals surface area contributed by atoms with Gasteiger partial charge in [0, 0.05) is 30.4 Å². The maximum Gasteiger partial charge on any atom is 0.253 e. The monoisotopic (exact) mass is 311 g/mol. The number of benzene rings is 1. The maximum atomic E-state index is 12.3. The van der Waals surface area contributed by atoms with E-state index in [-0.39, 0.29) is 17.7 Å². The number of nitrogens with one attached hydrogen (secondary N) is 1. The molecule has 0 atom stereocenters. The van der Waals surface area contributed by atoms with E-state index >= 15 is 0 Å². The van der Waals surface area contributed by atoms with Gasteiger partial charge < -0.3 is 10.6 Å². The fourth-order valence-corrected chi connectivity index (χ4v) is 3.26. The minimum absolute atomic E-state index is 0.0354. The Hall–Kier alpha value is -1.60. The van der Waals surface area contributed by atoms with Gasteiger partial charge >= 0.3 is 0 Å². The van der Waals surface area contributed by atoms with Crippen molar-refractivity contribution < 1.29 is 13.2 Å². The molecule has 0 aromatic heterocycles. The predicted octanol–water partition coefficient (Wildman–Crippen LogP) is 0.813. The molecule has 0 aliphatic carbocycles. The van der Waals surface area contributed by atoms with Crippen molar-refractivity contribution in [3.63, 3.8) is 0 Å². The summed E-state index contributed by atoms with van der Waals surface area (Å²) in [6, 6.07) is 6.75. The number of anilines is 1. The predicted molar refractivity (Wildman–Crippen MR) is 82.4 cm³/mol. The quantitative estimate of drug-likeness (QED) is 0.805. The van der Waals surface area contributed by atoms with E-state index < -0.39 is 10.0 Å². The van der Waals surface area contributed by atoms with Crippen LogP contribution in [0, 0.1) is 0 Å². The van der Waals surface area contributed by atoms with Crippen LogP contribution < -0.4 is 10.5 Å². The van der Waals surface area contributed by atoms with Crippen LogP contribution in [0.25, 0.3) is 0 Å². The first kappa shape index (κ1) is 15.8. The minimum Gasteiger partial charge on any atom is -0.399 e. The van der Waals surface area contributed by atoms with Gasteiger partial charge in [0.25, 0.3) is 5.91 Å². The first-order valence-corrected chi connectivity index (χ1v) is 8.71. The van der Waals surface area contributed by atoms with Crippen LogP contribution in [0.2, 0.25) is 0 Å². The molecule has 3 N–H and O–H groups in total. The van der Waals surface area contributed by atoms with Crippen molar-refractivity contribution in [1.82, 2.24) is 9.62 Å². The highest BCUT2D eigenvalue weighted by Crippen LogP contribution is 2.15. The highest BCUT2D eigenvalue weighted by molar-refractivity contribution is 7.89. The second-order valence-corrected chi connectivity index (χ2v) is 7.25. The van der Waals surface area contributed by atoms with Crippen molar-refractivity contribution in [2.24, 2.45) is 0 Å². The van der Waals surface area contributed by atoms with Crippen molar-refractivity contribution in [1.29, 1.82) is 0 Å². The molecule has 0 radical (unpaired) electrons. The molecule has 1 aromatic rings.